The number of amides is 2. The molecule has 4 heterocycles. The molecule has 5 aromatic rings. The number of aromatic hydroxyl groups is 1. The summed E-state index contributed by atoms with van der Waals surface area (Å²) in [7, 11) is 4.52. The van der Waals surface area contributed by atoms with Gasteiger partial charge in [-0.3, -0.25) is 14.4 Å². The number of aromatic nitrogens is 5. The van der Waals surface area contributed by atoms with Gasteiger partial charge in [0.2, 0.25) is 0 Å². The van der Waals surface area contributed by atoms with Crippen molar-refractivity contribution < 1.29 is 33.3 Å². The first-order chi connectivity index (χ1) is 27.2. The molecule has 18 heteroatoms. The number of allylic oxidation sites excluding steroid dienone is 2. The molecule has 0 radical (unpaired) electrons. The average Bonchev–Trinajstić information content (AvgIpc) is 3.53. The lowest BCUT2D eigenvalue weighted by atomic mass is 9.64. The highest BCUT2D eigenvalue weighted by molar-refractivity contribution is 6.58. The molecule has 57 heavy (non-hydrogen) atoms. The van der Waals surface area contributed by atoms with E-state index in [1.54, 1.807) is 32.2 Å². The van der Waals surface area contributed by atoms with Crippen molar-refractivity contribution >= 4 is 51.7 Å². The number of hydrogen-bond acceptors (Lipinski definition) is 10. The third-order valence-electron chi connectivity index (χ3n) is 11.1. The number of anilines is 1. The maximum atomic E-state index is 14.6. The van der Waals surface area contributed by atoms with Gasteiger partial charge in [0.25, 0.3) is 17.4 Å². The van der Waals surface area contributed by atoms with Crippen LogP contribution in [-0.2, 0) is 36.1 Å². The third-order valence-corrected chi connectivity index (χ3v) is 12.5. The van der Waals surface area contributed by atoms with E-state index >= 15 is 0 Å². The molecule has 3 aromatic carbocycles. The second-order valence-corrected chi connectivity index (χ2v) is 15.2. The Labute approximate surface area is 332 Å². The number of fused-ring (bicyclic) bond motifs is 5. The van der Waals surface area contributed by atoms with Crippen LogP contribution in [0.3, 0.4) is 0 Å². The maximum absolute atomic E-state index is 14.6. The standard InChI is InChI=1S/C39H35Cl2FN6O9/c1-5-57-29-16-20(6-11-28(29)49)32-23-12-15-46-36(53)45(14-13-24-33(50)44(2)26-18-31(56-4)30(55-3)17-25(26)43-24)37(54)48(46)27(23)19-38(40)34(51)47(35(52)39(32,38)41)22-9-7-21(42)8-10-22/h6-12,16-18,27,32,49H,5,13-15,19H2,1-4H3/t27-,32+,38-,39+/m1/s1. The minimum absolute atomic E-state index is 0.0310. The van der Waals surface area contributed by atoms with Crippen LogP contribution in [0, 0.1) is 5.82 Å². The second-order valence-electron chi connectivity index (χ2n) is 14.0. The molecule has 1 saturated heterocycles. The van der Waals surface area contributed by atoms with Gasteiger partial charge in [-0.05, 0) is 54.5 Å². The number of imide groups is 1. The molecule has 0 bridgehead atoms. The number of methoxy groups -OCH3 is 2. The van der Waals surface area contributed by atoms with Crippen molar-refractivity contribution in [2.75, 3.05) is 25.7 Å². The van der Waals surface area contributed by atoms with Gasteiger partial charge in [0.15, 0.2) is 32.7 Å². The normalized spacial score (nSPS) is 22.6. The topological polar surface area (TPSA) is 169 Å². The summed E-state index contributed by atoms with van der Waals surface area (Å²) in [6.45, 7) is 1.56. The Morgan fingerprint density at radius 3 is 2.32 bits per heavy atom. The number of ether oxygens (including phenoxy) is 3. The van der Waals surface area contributed by atoms with Gasteiger partial charge < -0.3 is 23.9 Å². The van der Waals surface area contributed by atoms with Crippen LogP contribution in [0.2, 0.25) is 0 Å². The average molecular weight is 822 g/mol. The Morgan fingerprint density at radius 2 is 1.63 bits per heavy atom. The molecule has 2 amide bonds. The minimum atomic E-state index is -2.21. The van der Waals surface area contributed by atoms with Gasteiger partial charge in [-0.1, -0.05) is 12.1 Å². The van der Waals surface area contributed by atoms with Crippen LogP contribution >= 0.6 is 23.2 Å². The summed E-state index contributed by atoms with van der Waals surface area (Å²) in [5.74, 6) is -2.88. The molecule has 3 aliphatic rings. The van der Waals surface area contributed by atoms with Gasteiger partial charge in [0.1, 0.15) is 11.5 Å². The molecule has 1 saturated carbocycles. The van der Waals surface area contributed by atoms with E-state index in [9.17, 15) is 33.5 Å². The van der Waals surface area contributed by atoms with Crippen LogP contribution in [0.15, 0.2) is 80.6 Å². The summed E-state index contributed by atoms with van der Waals surface area (Å²) >= 11 is 14.8. The zero-order valence-electron chi connectivity index (χ0n) is 31.0. The zero-order chi connectivity index (χ0) is 40.7. The van der Waals surface area contributed by atoms with Crippen molar-refractivity contribution in [1.82, 2.24) is 23.5 Å². The fourth-order valence-electron chi connectivity index (χ4n) is 8.34. The van der Waals surface area contributed by atoms with Crippen molar-refractivity contribution in [3.63, 3.8) is 0 Å². The summed E-state index contributed by atoms with van der Waals surface area (Å²) in [6, 6.07) is 11.2. The van der Waals surface area contributed by atoms with Gasteiger partial charge in [-0.25, -0.2) is 37.8 Å². The molecule has 2 fully saturated rings. The predicted octanol–water partition coefficient (Wildman–Crippen LogP) is 3.76. The first-order valence-electron chi connectivity index (χ1n) is 17.9. The number of carbonyl (C=O) groups is 2. The Bertz CT molecular complexity index is 2740. The summed E-state index contributed by atoms with van der Waals surface area (Å²) in [5, 5.41) is 10.6. The van der Waals surface area contributed by atoms with Crippen LogP contribution < -0.4 is 36.0 Å². The second kappa shape index (κ2) is 13.7. The quantitative estimate of drug-likeness (QED) is 0.131. The van der Waals surface area contributed by atoms with Crippen molar-refractivity contribution in [1.29, 1.82) is 0 Å². The minimum Gasteiger partial charge on any atom is -0.504 e. The van der Waals surface area contributed by atoms with Crippen LogP contribution in [0.1, 0.15) is 36.6 Å². The SMILES string of the molecule is CCOc1cc([C@H]2C3=CCn4c(=O)n(CCc5nc6cc(OC)c(OC)cc6n(C)c5=O)c(=O)n4[C@@H]3C[C@@]3(Cl)C(=O)N(c4ccc(F)cc4)C(=O)[C@@]23Cl)ccc1O. The molecular weight excluding hydrogens is 786 g/mol. The summed E-state index contributed by atoms with van der Waals surface area (Å²) in [4.78, 5) is 71.9. The first kappa shape index (κ1) is 38.0. The smallest absolute Gasteiger partial charge is 0.347 e. The van der Waals surface area contributed by atoms with Crippen LogP contribution in [0.5, 0.6) is 23.0 Å². The van der Waals surface area contributed by atoms with Gasteiger partial charge in [0.05, 0.1) is 50.1 Å². The van der Waals surface area contributed by atoms with E-state index in [1.807, 2.05) is 0 Å². The lowest BCUT2D eigenvalue weighted by Gasteiger charge is -2.49. The Kier molecular flexibility index (Phi) is 9.11. The molecule has 0 unspecified atom stereocenters. The lowest BCUT2D eigenvalue weighted by Crippen LogP contribution is -2.59. The number of carbonyl (C=O) groups excluding carboxylic acids is 2. The van der Waals surface area contributed by atoms with Crippen molar-refractivity contribution in [3.05, 3.63) is 115 Å². The van der Waals surface area contributed by atoms with E-state index in [1.165, 1.54) is 58.5 Å². The molecule has 296 valence electrons. The van der Waals surface area contributed by atoms with Gasteiger partial charge in [-0.15, -0.1) is 23.2 Å². The van der Waals surface area contributed by atoms with E-state index in [2.05, 4.69) is 4.98 Å². The molecular formula is C39H35Cl2FN6O9. The predicted molar refractivity (Wildman–Crippen MR) is 207 cm³/mol. The van der Waals surface area contributed by atoms with Crippen molar-refractivity contribution in [3.8, 4) is 23.0 Å². The maximum Gasteiger partial charge on any atom is 0.347 e. The fourth-order valence-corrected chi connectivity index (χ4v) is 9.26. The number of nitrogens with zero attached hydrogens (tertiary/aromatic N) is 6. The van der Waals surface area contributed by atoms with E-state index in [0.29, 0.717) is 33.7 Å². The largest absolute Gasteiger partial charge is 0.504 e. The summed E-state index contributed by atoms with van der Waals surface area (Å²) in [5.41, 5.74) is -0.0947. The highest BCUT2D eigenvalue weighted by atomic mass is 35.5. The van der Waals surface area contributed by atoms with Crippen molar-refractivity contribution in [2.45, 2.75) is 54.6 Å². The van der Waals surface area contributed by atoms with Crippen LogP contribution in [0.4, 0.5) is 10.1 Å². The zero-order valence-corrected chi connectivity index (χ0v) is 32.5. The van der Waals surface area contributed by atoms with E-state index in [-0.39, 0.29) is 55.4 Å². The highest BCUT2D eigenvalue weighted by Crippen LogP contribution is 2.64. The third kappa shape index (κ3) is 5.44. The Balaban J connectivity index is 1.23. The van der Waals surface area contributed by atoms with Crippen LogP contribution in [0.25, 0.3) is 11.0 Å². The number of hydrogen-bond donors (Lipinski definition) is 1. The number of phenolic OH excluding ortho intramolecular Hbond substituents is 1. The van der Waals surface area contributed by atoms with Gasteiger partial charge >= 0.3 is 11.4 Å². The lowest BCUT2D eigenvalue weighted by molar-refractivity contribution is -0.122. The number of phenols is 1. The van der Waals surface area contributed by atoms with Crippen LogP contribution in [-0.4, -0.2) is 71.0 Å². The summed E-state index contributed by atoms with van der Waals surface area (Å²) in [6.07, 6.45) is 1.19. The molecule has 8 rings (SSSR count). The number of aryl methyl sites for hydroxylation is 2. The van der Waals surface area contributed by atoms with Crippen molar-refractivity contribution in [2.24, 2.45) is 7.05 Å². The number of rotatable bonds is 9. The monoisotopic (exact) mass is 820 g/mol. The molecule has 15 nitrogen and oxygen atoms in total. The van der Waals surface area contributed by atoms with Gasteiger partial charge in [-0.2, -0.15) is 0 Å². The summed E-state index contributed by atoms with van der Waals surface area (Å²) < 4.78 is 35.2. The molecule has 2 aromatic heterocycles. The van der Waals surface area contributed by atoms with E-state index in [0.717, 1.165) is 21.6 Å². The van der Waals surface area contributed by atoms with Gasteiger partial charge in [0, 0.05) is 44.5 Å². The number of benzene rings is 3. The van der Waals surface area contributed by atoms with E-state index in [4.69, 9.17) is 37.4 Å². The molecule has 0 spiro atoms. The molecule has 4 atom stereocenters. The highest BCUT2D eigenvalue weighted by Gasteiger charge is 2.75. The Hall–Kier alpha value is -5.87. The molecule has 1 N–H and O–H groups in total. The Morgan fingerprint density at radius 1 is 0.930 bits per heavy atom. The number of halogens is 3. The first-order valence-corrected chi connectivity index (χ1v) is 18.7. The molecule has 1 aliphatic carbocycles. The number of alkyl halides is 2. The fraction of sp³-hybridized carbons (Fsp3) is 0.333. The van der Waals surface area contributed by atoms with E-state index < -0.39 is 56.3 Å². The molecule has 2 aliphatic heterocycles.